The third kappa shape index (κ3) is 4.17. The summed E-state index contributed by atoms with van der Waals surface area (Å²) >= 11 is 0. The van der Waals surface area contributed by atoms with Crippen molar-refractivity contribution in [2.24, 2.45) is 5.92 Å². The molecule has 6 rings (SSSR count). The second kappa shape index (κ2) is 8.99. The lowest BCUT2D eigenvalue weighted by Gasteiger charge is -2.50. The predicted octanol–water partition coefficient (Wildman–Crippen LogP) is 2.90. The summed E-state index contributed by atoms with van der Waals surface area (Å²) in [7, 11) is -3.56. The zero-order valence-corrected chi connectivity index (χ0v) is 20.9. The smallest absolute Gasteiger partial charge is 0.282 e. The van der Waals surface area contributed by atoms with E-state index in [1.165, 1.54) is 4.31 Å². The summed E-state index contributed by atoms with van der Waals surface area (Å²) in [6.07, 6.45) is 4.10. The first-order valence-corrected chi connectivity index (χ1v) is 13.8. The van der Waals surface area contributed by atoms with Gasteiger partial charge >= 0.3 is 0 Å². The Balaban J connectivity index is 1.22. The molecular weight excluding hydrogens is 478 g/mol. The highest BCUT2D eigenvalue weighted by molar-refractivity contribution is 7.86. The number of para-hydroxylation sites is 1. The Morgan fingerprint density at radius 3 is 2.58 bits per heavy atom. The van der Waals surface area contributed by atoms with Gasteiger partial charge in [0.1, 0.15) is 5.82 Å². The first-order valence-electron chi connectivity index (χ1n) is 12.4. The van der Waals surface area contributed by atoms with Gasteiger partial charge in [-0.3, -0.25) is 5.10 Å². The summed E-state index contributed by atoms with van der Waals surface area (Å²) in [4.78, 5) is 9.52. The number of fused-ring (bicyclic) bond motifs is 3. The van der Waals surface area contributed by atoms with Crippen LogP contribution in [0.3, 0.4) is 0 Å². The van der Waals surface area contributed by atoms with Crippen LogP contribution in [0, 0.1) is 24.2 Å². The zero-order valence-electron chi connectivity index (χ0n) is 20.1. The molecule has 3 aromatic rings. The van der Waals surface area contributed by atoms with Crippen molar-refractivity contribution in [1.29, 1.82) is 5.26 Å². The van der Waals surface area contributed by atoms with Gasteiger partial charge in [0, 0.05) is 48.4 Å². The number of hydrogen-bond acceptors (Lipinski definition) is 8. The largest absolute Gasteiger partial charge is 0.351 e. The van der Waals surface area contributed by atoms with Gasteiger partial charge in [-0.05, 0) is 44.7 Å². The molecule has 0 spiro atoms. The number of nitrogens with one attached hydrogen (secondary N) is 3. The summed E-state index contributed by atoms with van der Waals surface area (Å²) in [6, 6.07) is 11.8. The normalized spacial score (nSPS) is 25.3. The number of aromatic nitrogens is 4. The number of anilines is 3. The highest BCUT2D eigenvalue weighted by Gasteiger charge is 2.49. The van der Waals surface area contributed by atoms with Crippen LogP contribution in [0.2, 0.25) is 0 Å². The Hall–Kier alpha value is -3.27. The zero-order chi connectivity index (χ0) is 24.9. The van der Waals surface area contributed by atoms with Gasteiger partial charge in [0.05, 0.1) is 17.5 Å². The molecule has 0 aliphatic carbocycles. The fourth-order valence-corrected chi connectivity index (χ4v) is 7.84. The standard InChI is InChI=1S/C24H29N9O2S/c1-15-9-22(31-30-15)28-23-20-7-2-3-8-21(20)27-24(29-23)26-17-10-18-5-4-6-19(11-17)33(18)36(34,35)32-13-16(12-25)14-32/h2-3,7-9,16-19H,4-6,10-11,13-14H2,1H3,(H3,26,27,28,29,30,31)/t17-,18-,19+. The van der Waals surface area contributed by atoms with E-state index in [2.05, 4.69) is 26.9 Å². The molecule has 0 amide bonds. The molecular formula is C24H29N9O2S. The molecule has 0 radical (unpaired) electrons. The summed E-state index contributed by atoms with van der Waals surface area (Å²) < 4.78 is 29.9. The van der Waals surface area contributed by atoms with Gasteiger partial charge < -0.3 is 10.6 Å². The van der Waals surface area contributed by atoms with Crippen LogP contribution in [0.15, 0.2) is 30.3 Å². The minimum absolute atomic E-state index is 0.0637. The van der Waals surface area contributed by atoms with Gasteiger partial charge in [0.2, 0.25) is 5.95 Å². The van der Waals surface area contributed by atoms with Gasteiger partial charge in [-0.15, -0.1) is 0 Å². The van der Waals surface area contributed by atoms with Crippen LogP contribution in [-0.2, 0) is 10.2 Å². The maximum atomic E-state index is 13.4. The maximum absolute atomic E-state index is 13.4. The molecule has 188 valence electrons. The number of piperidine rings is 2. The van der Waals surface area contributed by atoms with Crippen molar-refractivity contribution in [3.05, 3.63) is 36.0 Å². The Labute approximate surface area is 210 Å². The number of rotatable bonds is 6. The third-order valence-corrected chi connectivity index (χ3v) is 9.50. The number of H-pyrrole nitrogens is 1. The summed E-state index contributed by atoms with van der Waals surface area (Å²) in [5, 5.41) is 24.0. The number of aryl methyl sites for hydroxylation is 1. The Kier molecular flexibility index (Phi) is 5.78. The molecule has 0 unspecified atom stereocenters. The minimum Gasteiger partial charge on any atom is -0.351 e. The molecule has 2 aromatic heterocycles. The average Bonchev–Trinajstić information content (AvgIpc) is 3.22. The van der Waals surface area contributed by atoms with Crippen molar-refractivity contribution >= 4 is 38.7 Å². The number of hydrogen-bond donors (Lipinski definition) is 3. The van der Waals surface area contributed by atoms with E-state index in [-0.39, 0.29) is 24.0 Å². The molecule has 0 saturated carbocycles. The first kappa shape index (κ1) is 23.1. The maximum Gasteiger partial charge on any atom is 0.282 e. The molecule has 2 bridgehead atoms. The van der Waals surface area contributed by atoms with Crippen molar-refractivity contribution in [2.75, 3.05) is 23.7 Å². The van der Waals surface area contributed by atoms with E-state index in [0.717, 1.165) is 35.9 Å². The lowest BCUT2D eigenvalue weighted by molar-refractivity contribution is 0.0983. The lowest BCUT2D eigenvalue weighted by Crippen LogP contribution is -2.63. The van der Waals surface area contributed by atoms with E-state index in [1.807, 2.05) is 37.3 Å². The van der Waals surface area contributed by atoms with E-state index < -0.39 is 10.2 Å². The summed E-state index contributed by atoms with van der Waals surface area (Å²) in [6.45, 7) is 2.54. The van der Waals surface area contributed by atoms with Gasteiger partial charge in [-0.1, -0.05) is 18.6 Å². The molecule has 1 aromatic carbocycles. The number of nitriles is 1. The van der Waals surface area contributed by atoms with E-state index in [4.69, 9.17) is 15.2 Å². The van der Waals surface area contributed by atoms with E-state index in [1.54, 1.807) is 4.31 Å². The molecule has 5 heterocycles. The van der Waals surface area contributed by atoms with Gasteiger partial charge in [-0.25, -0.2) is 4.98 Å². The Morgan fingerprint density at radius 1 is 1.14 bits per heavy atom. The number of nitrogens with zero attached hydrogens (tertiary/aromatic N) is 6. The first-order chi connectivity index (χ1) is 17.4. The average molecular weight is 508 g/mol. The Bertz CT molecular complexity index is 1410. The molecule has 11 nitrogen and oxygen atoms in total. The molecule has 36 heavy (non-hydrogen) atoms. The van der Waals surface area contributed by atoms with E-state index in [0.29, 0.717) is 43.5 Å². The van der Waals surface area contributed by atoms with Crippen LogP contribution >= 0.6 is 0 Å². The van der Waals surface area contributed by atoms with E-state index in [9.17, 15) is 8.42 Å². The van der Waals surface area contributed by atoms with Crippen molar-refractivity contribution in [3.63, 3.8) is 0 Å². The van der Waals surface area contributed by atoms with Crippen LogP contribution in [0.4, 0.5) is 17.6 Å². The van der Waals surface area contributed by atoms with Crippen LogP contribution < -0.4 is 10.6 Å². The van der Waals surface area contributed by atoms with Crippen LogP contribution in [-0.4, -0.2) is 68.4 Å². The summed E-state index contributed by atoms with van der Waals surface area (Å²) in [5.41, 5.74) is 1.76. The molecule has 3 N–H and O–H groups in total. The molecule has 3 atom stereocenters. The predicted molar refractivity (Wildman–Crippen MR) is 136 cm³/mol. The molecule has 3 saturated heterocycles. The SMILES string of the molecule is Cc1cc(Nc2nc(N[C@@H]3C[C@H]4CCC[C@@H](C3)N4S(=O)(=O)N3CC(C#N)C3)nc3ccccc23)n[nH]1. The van der Waals surface area contributed by atoms with Crippen molar-refractivity contribution in [2.45, 2.75) is 57.2 Å². The Morgan fingerprint density at radius 2 is 1.89 bits per heavy atom. The molecule has 3 aliphatic heterocycles. The quantitative estimate of drug-likeness (QED) is 0.462. The minimum atomic E-state index is -3.56. The highest BCUT2D eigenvalue weighted by atomic mass is 32.2. The van der Waals surface area contributed by atoms with Crippen LogP contribution in [0.25, 0.3) is 10.9 Å². The lowest BCUT2D eigenvalue weighted by atomic mass is 9.84. The van der Waals surface area contributed by atoms with Gasteiger partial charge in [0.25, 0.3) is 10.2 Å². The van der Waals surface area contributed by atoms with Crippen molar-refractivity contribution in [3.8, 4) is 6.07 Å². The second-order valence-electron chi connectivity index (χ2n) is 10.0. The van der Waals surface area contributed by atoms with Gasteiger partial charge in [-0.2, -0.15) is 32.4 Å². The second-order valence-corrected chi connectivity index (χ2v) is 11.8. The van der Waals surface area contributed by atoms with Crippen molar-refractivity contribution in [1.82, 2.24) is 28.8 Å². The summed E-state index contributed by atoms with van der Waals surface area (Å²) in [5.74, 6) is 1.67. The highest BCUT2D eigenvalue weighted by Crippen LogP contribution is 2.39. The molecule has 3 fully saturated rings. The monoisotopic (exact) mass is 507 g/mol. The van der Waals surface area contributed by atoms with Crippen LogP contribution in [0.5, 0.6) is 0 Å². The number of benzene rings is 1. The fourth-order valence-electron chi connectivity index (χ4n) is 5.70. The molecule has 12 heteroatoms. The number of aromatic amines is 1. The van der Waals surface area contributed by atoms with Crippen LogP contribution in [0.1, 0.15) is 37.8 Å². The van der Waals surface area contributed by atoms with Crippen molar-refractivity contribution < 1.29 is 8.42 Å². The van der Waals surface area contributed by atoms with Gasteiger partial charge in [0.15, 0.2) is 5.82 Å². The topological polar surface area (TPSA) is 143 Å². The third-order valence-electron chi connectivity index (χ3n) is 7.42. The fraction of sp³-hybridized carbons (Fsp3) is 0.500. The molecule has 3 aliphatic rings. The van der Waals surface area contributed by atoms with E-state index >= 15 is 0 Å².